The Morgan fingerprint density at radius 2 is 2.14 bits per heavy atom. The Kier molecular flexibility index (Phi) is 4.01. The van der Waals surface area contributed by atoms with E-state index >= 15 is 0 Å². The highest BCUT2D eigenvalue weighted by molar-refractivity contribution is 7.89. The van der Waals surface area contributed by atoms with Crippen LogP contribution in [0.4, 0.5) is 5.69 Å². The van der Waals surface area contributed by atoms with E-state index in [1.165, 1.54) is 12.1 Å². The number of sulfonamides is 1. The molecule has 0 spiro atoms. The molecule has 0 unspecified atom stereocenters. The first-order chi connectivity index (χ1) is 9.79. The standard InChI is InChI=1S/C13H14N2O5S/c1-8-11(3-2-4-12(8)21(14,18)19)15-6-10-5-9(7-20-10)13(16)17/h2-5,7,15H,6H2,1H3,(H,16,17)(H2,14,18,19). The molecule has 0 saturated carbocycles. The summed E-state index contributed by atoms with van der Waals surface area (Å²) in [6.45, 7) is 1.86. The predicted octanol–water partition coefficient (Wildman–Crippen LogP) is 1.55. The van der Waals surface area contributed by atoms with Crippen molar-refractivity contribution in [2.24, 2.45) is 5.14 Å². The highest BCUT2D eigenvalue weighted by atomic mass is 32.2. The van der Waals surface area contributed by atoms with Gasteiger partial charge >= 0.3 is 5.97 Å². The van der Waals surface area contributed by atoms with Gasteiger partial charge in [-0.2, -0.15) is 0 Å². The number of nitrogens with one attached hydrogen (secondary N) is 1. The van der Waals surface area contributed by atoms with E-state index in [0.717, 1.165) is 6.26 Å². The second kappa shape index (κ2) is 5.58. The van der Waals surface area contributed by atoms with Gasteiger partial charge in [0.25, 0.3) is 0 Å². The number of benzene rings is 1. The van der Waals surface area contributed by atoms with Crippen LogP contribution >= 0.6 is 0 Å². The van der Waals surface area contributed by atoms with Gasteiger partial charge in [0.1, 0.15) is 12.0 Å². The van der Waals surface area contributed by atoms with Crippen LogP contribution < -0.4 is 10.5 Å². The number of carboxylic acid groups (broad SMARTS) is 1. The predicted molar refractivity (Wildman–Crippen MR) is 75.5 cm³/mol. The lowest BCUT2D eigenvalue weighted by Gasteiger charge is -2.11. The van der Waals surface area contributed by atoms with Gasteiger partial charge in [-0.1, -0.05) is 6.07 Å². The third-order valence-corrected chi connectivity index (χ3v) is 4.00. The van der Waals surface area contributed by atoms with Crippen molar-refractivity contribution >= 4 is 21.7 Å². The van der Waals surface area contributed by atoms with Crippen LogP contribution in [-0.4, -0.2) is 19.5 Å². The third-order valence-electron chi connectivity index (χ3n) is 2.94. The van der Waals surface area contributed by atoms with Crippen LogP contribution in [0.3, 0.4) is 0 Å². The lowest BCUT2D eigenvalue weighted by molar-refractivity contribution is 0.0696. The Bertz CT molecular complexity index is 780. The zero-order chi connectivity index (χ0) is 15.6. The quantitative estimate of drug-likeness (QED) is 0.770. The van der Waals surface area contributed by atoms with E-state index in [4.69, 9.17) is 14.7 Å². The number of anilines is 1. The van der Waals surface area contributed by atoms with Crippen molar-refractivity contribution < 1.29 is 22.7 Å². The van der Waals surface area contributed by atoms with Crippen molar-refractivity contribution in [3.8, 4) is 0 Å². The second-order valence-corrected chi connectivity index (χ2v) is 5.96. The van der Waals surface area contributed by atoms with Crippen LogP contribution in [0.25, 0.3) is 0 Å². The summed E-state index contributed by atoms with van der Waals surface area (Å²) >= 11 is 0. The number of furan rings is 1. The summed E-state index contributed by atoms with van der Waals surface area (Å²) in [7, 11) is -3.79. The molecule has 1 aromatic carbocycles. The molecule has 21 heavy (non-hydrogen) atoms. The average molecular weight is 310 g/mol. The van der Waals surface area contributed by atoms with Gasteiger partial charge in [-0.25, -0.2) is 18.4 Å². The van der Waals surface area contributed by atoms with E-state index < -0.39 is 16.0 Å². The Morgan fingerprint density at radius 3 is 2.71 bits per heavy atom. The Balaban J connectivity index is 2.18. The molecule has 2 aromatic rings. The summed E-state index contributed by atoms with van der Waals surface area (Å²) < 4.78 is 27.9. The average Bonchev–Trinajstić information content (AvgIpc) is 2.85. The molecular weight excluding hydrogens is 296 g/mol. The third kappa shape index (κ3) is 3.41. The minimum Gasteiger partial charge on any atom is -0.478 e. The maximum Gasteiger partial charge on any atom is 0.338 e. The van der Waals surface area contributed by atoms with E-state index in [1.54, 1.807) is 19.1 Å². The van der Waals surface area contributed by atoms with Gasteiger partial charge in [-0.3, -0.25) is 0 Å². The number of hydrogen-bond acceptors (Lipinski definition) is 5. The largest absolute Gasteiger partial charge is 0.478 e. The van der Waals surface area contributed by atoms with Crippen LogP contribution in [0.2, 0.25) is 0 Å². The lowest BCUT2D eigenvalue weighted by Crippen LogP contribution is -2.14. The monoisotopic (exact) mass is 310 g/mol. The molecule has 8 heteroatoms. The molecule has 0 atom stereocenters. The number of carboxylic acids is 1. The van der Waals surface area contributed by atoms with Crippen molar-refractivity contribution in [3.05, 3.63) is 47.4 Å². The first-order valence-electron chi connectivity index (χ1n) is 5.96. The first-order valence-corrected chi connectivity index (χ1v) is 7.50. The molecule has 0 saturated heterocycles. The van der Waals surface area contributed by atoms with Crippen LogP contribution in [-0.2, 0) is 16.6 Å². The normalized spacial score (nSPS) is 11.3. The van der Waals surface area contributed by atoms with Gasteiger partial charge in [-0.05, 0) is 30.7 Å². The molecule has 1 heterocycles. The Hall–Kier alpha value is -2.32. The summed E-state index contributed by atoms with van der Waals surface area (Å²) in [5.41, 5.74) is 1.13. The smallest absolute Gasteiger partial charge is 0.338 e. The van der Waals surface area contributed by atoms with Crippen LogP contribution in [0.1, 0.15) is 21.7 Å². The van der Waals surface area contributed by atoms with Gasteiger partial charge in [0.15, 0.2) is 0 Å². The van der Waals surface area contributed by atoms with Gasteiger partial charge in [0.2, 0.25) is 10.0 Å². The fraction of sp³-hybridized carbons (Fsp3) is 0.154. The molecule has 112 valence electrons. The van der Waals surface area contributed by atoms with Crippen molar-refractivity contribution in [2.75, 3.05) is 5.32 Å². The Labute approximate surface area is 121 Å². The van der Waals surface area contributed by atoms with Gasteiger partial charge < -0.3 is 14.8 Å². The number of nitrogens with two attached hydrogens (primary N) is 1. The van der Waals surface area contributed by atoms with E-state index in [-0.39, 0.29) is 17.0 Å². The molecule has 7 nitrogen and oxygen atoms in total. The molecule has 0 fully saturated rings. The molecule has 4 N–H and O–H groups in total. The molecule has 0 bridgehead atoms. The molecular formula is C13H14N2O5S. The molecule has 0 aliphatic rings. The molecule has 0 aliphatic heterocycles. The maximum absolute atomic E-state index is 11.4. The zero-order valence-electron chi connectivity index (χ0n) is 11.2. The number of carbonyl (C=O) groups is 1. The molecule has 1 aromatic heterocycles. The summed E-state index contributed by atoms with van der Waals surface area (Å²) in [6.07, 6.45) is 1.15. The summed E-state index contributed by atoms with van der Waals surface area (Å²) in [6, 6.07) is 6.09. The molecule has 2 rings (SSSR count). The fourth-order valence-electron chi connectivity index (χ4n) is 1.88. The number of aromatic carboxylic acids is 1. The van der Waals surface area contributed by atoms with E-state index in [1.807, 2.05) is 0 Å². The van der Waals surface area contributed by atoms with E-state index in [0.29, 0.717) is 17.0 Å². The van der Waals surface area contributed by atoms with E-state index in [2.05, 4.69) is 5.32 Å². The highest BCUT2D eigenvalue weighted by Crippen LogP contribution is 2.22. The minimum atomic E-state index is -3.79. The fourth-order valence-corrected chi connectivity index (χ4v) is 2.69. The summed E-state index contributed by atoms with van der Waals surface area (Å²) in [5, 5.41) is 16.9. The Morgan fingerprint density at radius 1 is 1.43 bits per heavy atom. The number of primary sulfonamides is 1. The minimum absolute atomic E-state index is 0.0400. The molecule has 0 radical (unpaired) electrons. The topological polar surface area (TPSA) is 123 Å². The first kappa shape index (κ1) is 15.1. The molecule has 0 amide bonds. The van der Waals surface area contributed by atoms with E-state index in [9.17, 15) is 13.2 Å². The highest BCUT2D eigenvalue weighted by Gasteiger charge is 2.14. The second-order valence-electron chi connectivity index (χ2n) is 4.43. The number of rotatable bonds is 5. The summed E-state index contributed by atoms with van der Waals surface area (Å²) in [4.78, 5) is 10.8. The van der Waals surface area contributed by atoms with Crippen LogP contribution in [0.5, 0.6) is 0 Å². The van der Waals surface area contributed by atoms with Gasteiger partial charge in [0.05, 0.1) is 17.0 Å². The lowest BCUT2D eigenvalue weighted by atomic mass is 10.2. The van der Waals surface area contributed by atoms with Crippen molar-refractivity contribution in [3.63, 3.8) is 0 Å². The molecule has 0 aliphatic carbocycles. The zero-order valence-corrected chi connectivity index (χ0v) is 12.0. The SMILES string of the molecule is Cc1c(NCc2cc(C(=O)O)co2)cccc1S(N)(=O)=O. The van der Waals surface area contributed by atoms with Crippen molar-refractivity contribution in [2.45, 2.75) is 18.4 Å². The summed E-state index contributed by atoms with van der Waals surface area (Å²) in [5.74, 6) is -0.648. The van der Waals surface area contributed by atoms with Crippen molar-refractivity contribution in [1.82, 2.24) is 0 Å². The maximum atomic E-state index is 11.4. The number of hydrogen-bond donors (Lipinski definition) is 3. The van der Waals surface area contributed by atoms with Gasteiger partial charge in [0, 0.05) is 5.69 Å². The van der Waals surface area contributed by atoms with Crippen molar-refractivity contribution in [1.29, 1.82) is 0 Å². The van der Waals surface area contributed by atoms with Crippen LogP contribution in [0.15, 0.2) is 39.8 Å². The van der Waals surface area contributed by atoms with Crippen LogP contribution in [0, 0.1) is 6.92 Å². The van der Waals surface area contributed by atoms with Gasteiger partial charge in [-0.15, -0.1) is 0 Å².